The van der Waals surface area contributed by atoms with Crippen molar-refractivity contribution < 1.29 is 18.7 Å². The summed E-state index contributed by atoms with van der Waals surface area (Å²) in [6.45, 7) is 3.00. The van der Waals surface area contributed by atoms with Crippen LogP contribution in [0.2, 0.25) is 5.02 Å². The Bertz CT molecular complexity index is 1490. The summed E-state index contributed by atoms with van der Waals surface area (Å²) >= 11 is 9.13. The standard InChI is InChI=1S/C27H25ClFN5O3S2/c1-2-37-26(36)17-8-7-13-33(14-17)25(35)21-15-38-23(30-21)16-39-27-32-31-24(18-9-3-4-10-19(18)28)34(27)22-12-6-5-11-20(22)29/h3-6,9-12,15,17H,2,7-8,13-14,16H2,1H3. The molecule has 1 amide bonds. The van der Waals surface area contributed by atoms with Gasteiger partial charge in [0.2, 0.25) is 0 Å². The van der Waals surface area contributed by atoms with Gasteiger partial charge in [-0.3, -0.25) is 14.2 Å². The number of esters is 1. The fraction of sp³-hybridized carbons (Fsp3) is 0.296. The number of carbonyl (C=O) groups is 2. The minimum Gasteiger partial charge on any atom is -0.466 e. The Morgan fingerprint density at radius 3 is 2.77 bits per heavy atom. The molecule has 39 heavy (non-hydrogen) atoms. The molecule has 3 heterocycles. The topological polar surface area (TPSA) is 90.2 Å². The maximum atomic E-state index is 14.9. The van der Waals surface area contributed by atoms with Gasteiger partial charge < -0.3 is 9.64 Å². The number of hydrogen-bond donors (Lipinski definition) is 0. The smallest absolute Gasteiger partial charge is 0.310 e. The van der Waals surface area contributed by atoms with Gasteiger partial charge in [0, 0.05) is 24.0 Å². The molecule has 2 aromatic carbocycles. The van der Waals surface area contributed by atoms with Gasteiger partial charge in [-0.2, -0.15) is 0 Å². The maximum absolute atomic E-state index is 14.9. The van der Waals surface area contributed by atoms with Crippen LogP contribution in [0.3, 0.4) is 0 Å². The minimum atomic E-state index is -0.419. The second kappa shape index (κ2) is 12.3. The Kier molecular flexibility index (Phi) is 8.59. The number of ether oxygens (including phenoxy) is 1. The number of nitrogens with zero attached hydrogens (tertiary/aromatic N) is 5. The van der Waals surface area contributed by atoms with Crippen molar-refractivity contribution in [2.45, 2.75) is 30.7 Å². The number of thiazole rings is 1. The largest absolute Gasteiger partial charge is 0.466 e. The fourth-order valence-corrected chi connectivity index (χ4v) is 6.36. The number of piperidine rings is 1. The molecule has 4 aromatic rings. The maximum Gasteiger partial charge on any atom is 0.310 e. The molecule has 1 fully saturated rings. The van der Waals surface area contributed by atoms with Gasteiger partial charge in [-0.1, -0.05) is 47.6 Å². The van der Waals surface area contributed by atoms with E-state index in [4.69, 9.17) is 16.3 Å². The average Bonchev–Trinajstić information content (AvgIpc) is 3.60. The zero-order valence-electron chi connectivity index (χ0n) is 21.0. The summed E-state index contributed by atoms with van der Waals surface area (Å²) in [6, 6.07) is 13.6. The fourth-order valence-electron chi connectivity index (χ4n) is 4.41. The predicted molar refractivity (Wildman–Crippen MR) is 149 cm³/mol. The summed E-state index contributed by atoms with van der Waals surface area (Å²) in [5.41, 5.74) is 1.27. The van der Waals surface area contributed by atoms with Gasteiger partial charge in [0.25, 0.3) is 5.91 Å². The molecule has 0 saturated carbocycles. The van der Waals surface area contributed by atoms with Gasteiger partial charge in [0.05, 0.1) is 29.0 Å². The van der Waals surface area contributed by atoms with Crippen molar-refractivity contribution in [3.8, 4) is 17.1 Å². The second-order valence-corrected chi connectivity index (χ2v) is 11.1. The third-order valence-electron chi connectivity index (χ3n) is 6.27. The van der Waals surface area contributed by atoms with Gasteiger partial charge in [0.15, 0.2) is 11.0 Å². The molecule has 1 atom stereocenters. The van der Waals surface area contributed by atoms with Crippen molar-refractivity contribution in [1.82, 2.24) is 24.6 Å². The molecule has 0 aliphatic carbocycles. The van der Waals surface area contributed by atoms with Crippen LogP contribution in [-0.2, 0) is 15.3 Å². The van der Waals surface area contributed by atoms with E-state index in [9.17, 15) is 14.0 Å². The molecule has 1 aliphatic rings. The normalized spacial score (nSPS) is 15.4. The summed E-state index contributed by atoms with van der Waals surface area (Å²) in [6.07, 6.45) is 1.45. The molecular formula is C27H25ClFN5O3S2. The first kappa shape index (κ1) is 27.3. The highest BCUT2D eigenvalue weighted by atomic mass is 35.5. The van der Waals surface area contributed by atoms with E-state index in [1.165, 1.54) is 29.2 Å². The first-order chi connectivity index (χ1) is 19.0. The van der Waals surface area contributed by atoms with E-state index in [0.29, 0.717) is 69.8 Å². The van der Waals surface area contributed by atoms with E-state index in [1.807, 2.05) is 18.2 Å². The summed E-state index contributed by atoms with van der Waals surface area (Å²) in [5.74, 6) is -0.374. The summed E-state index contributed by atoms with van der Waals surface area (Å²) in [5, 5.41) is 12.0. The summed E-state index contributed by atoms with van der Waals surface area (Å²) in [7, 11) is 0. The first-order valence-electron chi connectivity index (χ1n) is 12.4. The Morgan fingerprint density at radius 2 is 1.97 bits per heavy atom. The molecule has 1 unspecified atom stereocenters. The third-order valence-corrected chi connectivity index (χ3v) is 8.57. The Morgan fingerprint density at radius 1 is 1.18 bits per heavy atom. The Balaban J connectivity index is 1.34. The molecule has 2 aromatic heterocycles. The van der Waals surface area contributed by atoms with E-state index in [-0.39, 0.29) is 17.8 Å². The van der Waals surface area contributed by atoms with Crippen LogP contribution in [0, 0.1) is 11.7 Å². The second-order valence-electron chi connectivity index (χ2n) is 8.83. The number of carbonyl (C=O) groups excluding carboxylic acids is 2. The van der Waals surface area contributed by atoms with Crippen molar-refractivity contribution in [3.63, 3.8) is 0 Å². The van der Waals surface area contributed by atoms with Gasteiger partial charge >= 0.3 is 5.97 Å². The number of benzene rings is 2. The number of hydrogen-bond acceptors (Lipinski definition) is 8. The third kappa shape index (κ3) is 6.00. The van der Waals surface area contributed by atoms with Crippen LogP contribution in [0.25, 0.3) is 17.1 Å². The van der Waals surface area contributed by atoms with Crippen LogP contribution in [0.5, 0.6) is 0 Å². The van der Waals surface area contributed by atoms with E-state index in [1.54, 1.807) is 46.0 Å². The van der Waals surface area contributed by atoms with Crippen molar-refractivity contribution in [1.29, 1.82) is 0 Å². The Hall–Kier alpha value is -3.28. The monoisotopic (exact) mass is 585 g/mol. The molecule has 12 heteroatoms. The van der Waals surface area contributed by atoms with Crippen molar-refractivity contribution in [2.75, 3.05) is 19.7 Å². The quantitative estimate of drug-likeness (QED) is 0.188. The number of para-hydroxylation sites is 1. The van der Waals surface area contributed by atoms with Crippen LogP contribution in [0.15, 0.2) is 59.1 Å². The van der Waals surface area contributed by atoms with E-state index in [0.717, 1.165) is 6.42 Å². The highest BCUT2D eigenvalue weighted by Crippen LogP contribution is 2.34. The number of likely N-dealkylation sites (tertiary alicyclic amines) is 1. The zero-order valence-corrected chi connectivity index (χ0v) is 23.4. The minimum absolute atomic E-state index is 0.202. The molecule has 0 bridgehead atoms. The number of halogens is 2. The van der Waals surface area contributed by atoms with Gasteiger partial charge in [-0.25, -0.2) is 9.37 Å². The molecule has 1 saturated heterocycles. The molecule has 0 radical (unpaired) electrons. The molecular weight excluding hydrogens is 561 g/mol. The van der Waals surface area contributed by atoms with Crippen LogP contribution in [0.1, 0.15) is 35.3 Å². The lowest BCUT2D eigenvalue weighted by molar-refractivity contribution is -0.149. The molecule has 202 valence electrons. The van der Waals surface area contributed by atoms with Crippen LogP contribution in [0.4, 0.5) is 4.39 Å². The van der Waals surface area contributed by atoms with Crippen molar-refractivity contribution >= 4 is 46.6 Å². The van der Waals surface area contributed by atoms with Crippen molar-refractivity contribution in [2.24, 2.45) is 5.92 Å². The molecule has 0 N–H and O–H groups in total. The number of amides is 1. The molecule has 8 nitrogen and oxygen atoms in total. The highest BCUT2D eigenvalue weighted by molar-refractivity contribution is 7.98. The lowest BCUT2D eigenvalue weighted by Crippen LogP contribution is -2.43. The molecule has 5 rings (SSSR count). The van der Waals surface area contributed by atoms with Crippen LogP contribution in [-0.4, -0.2) is 56.2 Å². The Labute approximate surface area is 238 Å². The summed E-state index contributed by atoms with van der Waals surface area (Å²) in [4.78, 5) is 31.5. The van der Waals surface area contributed by atoms with Crippen molar-refractivity contribution in [3.05, 3.63) is 75.5 Å². The summed E-state index contributed by atoms with van der Waals surface area (Å²) < 4.78 is 21.7. The first-order valence-corrected chi connectivity index (χ1v) is 14.7. The number of aromatic nitrogens is 4. The average molecular weight is 586 g/mol. The molecule has 1 aliphatic heterocycles. The molecule has 0 spiro atoms. The van der Waals surface area contributed by atoms with E-state index < -0.39 is 5.82 Å². The van der Waals surface area contributed by atoms with Crippen LogP contribution >= 0.6 is 34.7 Å². The zero-order chi connectivity index (χ0) is 27.4. The van der Waals surface area contributed by atoms with E-state index >= 15 is 0 Å². The van der Waals surface area contributed by atoms with Gasteiger partial charge in [0.1, 0.15) is 16.5 Å². The highest BCUT2D eigenvalue weighted by Gasteiger charge is 2.30. The SMILES string of the molecule is CCOC(=O)C1CCCN(C(=O)c2csc(CSc3nnc(-c4ccccc4Cl)n3-c3ccccc3F)n2)C1. The van der Waals surface area contributed by atoms with E-state index in [2.05, 4.69) is 15.2 Å². The number of rotatable bonds is 8. The van der Waals surface area contributed by atoms with Crippen LogP contribution < -0.4 is 0 Å². The van der Waals surface area contributed by atoms with Gasteiger partial charge in [-0.15, -0.1) is 21.5 Å². The van der Waals surface area contributed by atoms with Gasteiger partial charge in [-0.05, 0) is 44.0 Å². The lowest BCUT2D eigenvalue weighted by atomic mass is 9.98. The lowest BCUT2D eigenvalue weighted by Gasteiger charge is -2.31. The number of thioether (sulfide) groups is 1. The predicted octanol–water partition coefficient (Wildman–Crippen LogP) is 5.89.